The second-order valence-corrected chi connectivity index (χ2v) is 3.90. The molecule has 1 aliphatic carbocycles. The molecule has 0 heterocycles. The summed E-state index contributed by atoms with van der Waals surface area (Å²) in [6.07, 6.45) is -3.02. The fraction of sp³-hybridized carbons (Fsp3) is 0.364. The highest BCUT2D eigenvalue weighted by Gasteiger charge is 2.37. The third-order valence-corrected chi connectivity index (χ3v) is 2.63. The largest absolute Gasteiger partial charge is 0.418 e. The molecular weight excluding hydrogens is 219 g/mol. The van der Waals surface area contributed by atoms with E-state index in [1.807, 2.05) is 0 Å². The second-order valence-electron chi connectivity index (χ2n) is 3.90. The van der Waals surface area contributed by atoms with E-state index in [4.69, 9.17) is 5.73 Å². The first-order chi connectivity index (χ1) is 7.41. The molecule has 0 saturated heterocycles. The minimum absolute atomic E-state index is 0.00248. The van der Waals surface area contributed by atoms with Crippen molar-refractivity contribution in [3.05, 3.63) is 29.3 Å². The number of hydrogen-bond acceptors (Lipinski definition) is 2. The van der Waals surface area contributed by atoms with E-state index < -0.39 is 17.4 Å². The van der Waals surface area contributed by atoms with E-state index in [2.05, 4.69) is 0 Å². The van der Waals surface area contributed by atoms with Crippen molar-refractivity contribution in [2.75, 3.05) is 5.73 Å². The van der Waals surface area contributed by atoms with Crippen LogP contribution in [-0.2, 0) is 6.18 Å². The minimum atomic E-state index is -4.51. The number of benzene rings is 1. The SMILES string of the molecule is Nc1c(C(=O)C2CC2)cccc1C(F)(F)F. The number of nitrogen functional groups attached to an aromatic ring is 1. The number of Topliss-reactive ketones (excluding diaryl/α,β-unsaturated/α-hetero) is 1. The van der Waals surface area contributed by atoms with E-state index in [0.717, 1.165) is 18.9 Å². The minimum Gasteiger partial charge on any atom is -0.398 e. The topological polar surface area (TPSA) is 43.1 Å². The van der Waals surface area contributed by atoms with Crippen LogP contribution in [0.3, 0.4) is 0 Å². The molecule has 86 valence electrons. The normalized spacial score (nSPS) is 16.2. The van der Waals surface area contributed by atoms with E-state index in [9.17, 15) is 18.0 Å². The number of nitrogens with two attached hydrogens (primary N) is 1. The summed E-state index contributed by atoms with van der Waals surface area (Å²) in [5, 5.41) is 0. The van der Waals surface area contributed by atoms with Crippen LogP contribution in [0.5, 0.6) is 0 Å². The van der Waals surface area contributed by atoms with Gasteiger partial charge < -0.3 is 5.73 Å². The maximum atomic E-state index is 12.5. The Bertz CT molecular complexity index is 435. The number of halogens is 3. The van der Waals surface area contributed by atoms with Gasteiger partial charge in [-0.05, 0) is 25.0 Å². The molecule has 1 saturated carbocycles. The maximum Gasteiger partial charge on any atom is 0.418 e. The van der Waals surface area contributed by atoms with E-state index in [0.29, 0.717) is 0 Å². The number of ketones is 1. The predicted octanol–water partition coefficient (Wildman–Crippen LogP) is 2.88. The zero-order valence-electron chi connectivity index (χ0n) is 8.34. The van der Waals surface area contributed by atoms with Crippen LogP contribution >= 0.6 is 0 Å². The molecule has 1 aromatic rings. The molecular formula is C11H10F3NO. The quantitative estimate of drug-likeness (QED) is 0.625. The van der Waals surface area contributed by atoms with Gasteiger partial charge in [0, 0.05) is 11.5 Å². The van der Waals surface area contributed by atoms with Gasteiger partial charge in [0.2, 0.25) is 0 Å². The molecule has 0 spiro atoms. The summed E-state index contributed by atoms with van der Waals surface area (Å²) >= 11 is 0. The summed E-state index contributed by atoms with van der Waals surface area (Å²) in [4.78, 5) is 11.7. The van der Waals surface area contributed by atoms with Crippen molar-refractivity contribution < 1.29 is 18.0 Å². The van der Waals surface area contributed by atoms with Crippen LogP contribution in [0.25, 0.3) is 0 Å². The summed E-state index contributed by atoms with van der Waals surface area (Å²) in [6.45, 7) is 0. The standard InChI is InChI=1S/C11H10F3NO/c12-11(13,14)8-3-1-2-7(9(8)15)10(16)6-4-5-6/h1-3,6H,4-5,15H2. The second kappa shape index (κ2) is 3.50. The Morgan fingerprint density at radius 2 is 1.94 bits per heavy atom. The molecule has 2 N–H and O–H groups in total. The number of carbonyl (C=O) groups excluding carboxylic acids is 1. The lowest BCUT2D eigenvalue weighted by Gasteiger charge is -2.12. The Labute approximate surface area is 90.2 Å². The number of hydrogen-bond donors (Lipinski definition) is 1. The maximum absolute atomic E-state index is 12.5. The van der Waals surface area contributed by atoms with Gasteiger partial charge in [0.15, 0.2) is 5.78 Å². The predicted molar refractivity (Wildman–Crippen MR) is 52.9 cm³/mol. The first-order valence-corrected chi connectivity index (χ1v) is 4.91. The number of para-hydroxylation sites is 1. The molecule has 0 bridgehead atoms. The molecule has 0 unspecified atom stereocenters. The van der Waals surface area contributed by atoms with Crippen LogP contribution in [0, 0.1) is 5.92 Å². The molecule has 0 radical (unpaired) electrons. The molecule has 0 aromatic heterocycles. The lowest BCUT2D eigenvalue weighted by Crippen LogP contribution is -2.13. The van der Waals surface area contributed by atoms with Crippen LogP contribution in [0.15, 0.2) is 18.2 Å². The zero-order valence-corrected chi connectivity index (χ0v) is 8.34. The Balaban J connectivity index is 2.44. The Morgan fingerprint density at radius 1 is 1.31 bits per heavy atom. The van der Waals surface area contributed by atoms with Gasteiger partial charge in [-0.1, -0.05) is 6.07 Å². The van der Waals surface area contributed by atoms with Crippen LogP contribution in [0.4, 0.5) is 18.9 Å². The molecule has 2 rings (SSSR count). The molecule has 0 atom stereocenters. The average Bonchev–Trinajstić information content (AvgIpc) is 2.98. The van der Waals surface area contributed by atoms with Gasteiger partial charge in [-0.3, -0.25) is 4.79 Å². The van der Waals surface area contributed by atoms with Gasteiger partial charge in [0.25, 0.3) is 0 Å². The van der Waals surface area contributed by atoms with E-state index >= 15 is 0 Å². The van der Waals surface area contributed by atoms with Crippen molar-refractivity contribution in [3.63, 3.8) is 0 Å². The number of rotatable bonds is 2. The molecule has 16 heavy (non-hydrogen) atoms. The van der Waals surface area contributed by atoms with Crippen molar-refractivity contribution in [3.8, 4) is 0 Å². The zero-order chi connectivity index (χ0) is 11.9. The smallest absolute Gasteiger partial charge is 0.398 e. The van der Waals surface area contributed by atoms with Crippen LogP contribution < -0.4 is 5.73 Å². The van der Waals surface area contributed by atoms with Crippen molar-refractivity contribution in [2.45, 2.75) is 19.0 Å². The van der Waals surface area contributed by atoms with Crippen LogP contribution in [-0.4, -0.2) is 5.78 Å². The molecule has 0 amide bonds. The number of carbonyl (C=O) groups is 1. The highest BCUT2D eigenvalue weighted by Crippen LogP contribution is 2.38. The van der Waals surface area contributed by atoms with E-state index in [1.54, 1.807) is 0 Å². The Kier molecular flexibility index (Phi) is 2.40. The molecule has 0 aliphatic heterocycles. The van der Waals surface area contributed by atoms with Gasteiger partial charge in [-0.15, -0.1) is 0 Å². The van der Waals surface area contributed by atoms with Crippen molar-refractivity contribution in [1.82, 2.24) is 0 Å². The first-order valence-electron chi connectivity index (χ1n) is 4.91. The summed E-state index contributed by atoms with van der Waals surface area (Å²) in [5.74, 6) is -0.408. The summed E-state index contributed by atoms with van der Waals surface area (Å²) in [6, 6.07) is 3.46. The molecule has 1 fully saturated rings. The highest BCUT2D eigenvalue weighted by molar-refractivity contribution is 6.04. The van der Waals surface area contributed by atoms with Crippen LogP contribution in [0.1, 0.15) is 28.8 Å². The lowest BCUT2D eigenvalue weighted by molar-refractivity contribution is -0.136. The van der Waals surface area contributed by atoms with E-state index in [1.165, 1.54) is 12.1 Å². The Morgan fingerprint density at radius 3 is 2.44 bits per heavy atom. The van der Waals surface area contributed by atoms with Crippen molar-refractivity contribution in [2.24, 2.45) is 5.92 Å². The average molecular weight is 229 g/mol. The highest BCUT2D eigenvalue weighted by atomic mass is 19.4. The Hall–Kier alpha value is -1.52. The van der Waals surface area contributed by atoms with E-state index in [-0.39, 0.29) is 17.3 Å². The first kappa shape index (κ1) is 11.0. The monoisotopic (exact) mass is 229 g/mol. The molecule has 5 heteroatoms. The van der Waals surface area contributed by atoms with Gasteiger partial charge >= 0.3 is 6.18 Å². The number of alkyl halides is 3. The molecule has 2 nitrogen and oxygen atoms in total. The molecule has 1 aromatic carbocycles. The van der Waals surface area contributed by atoms with Gasteiger partial charge in [0.1, 0.15) is 0 Å². The summed E-state index contributed by atoms with van der Waals surface area (Å²) < 4.78 is 37.6. The fourth-order valence-corrected chi connectivity index (χ4v) is 1.59. The third-order valence-electron chi connectivity index (χ3n) is 2.63. The summed E-state index contributed by atoms with van der Waals surface area (Å²) in [7, 11) is 0. The molecule has 1 aliphatic rings. The third kappa shape index (κ3) is 1.89. The summed E-state index contributed by atoms with van der Waals surface area (Å²) in [5.41, 5.74) is 4.01. The number of anilines is 1. The fourth-order valence-electron chi connectivity index (χ4n) is 1.59. The van der Waals surface area contributed by atoms with Crippen molar-refractivity contribution in [1.29, 1.82) is 0 Å². The van der Waals surface area contributed by atoms with Gasteiger partial charge in [-0.25, -0.2) is 0 Å². The van der Waals surface area contributed by atoms with Crippen LogP contribution in [0.2, 0.25) is 0 Å². The van der Waals surface area contributed by atoms with Crippen molar-refractivity contribution >= 4 is 11.5 Å². The van der Waals surface area contributed by atoms with Gasteiger partial charge in [-0.2, -0.15) is 13.2 Å². The van der Waals surface area contributed by atoms with Gasteiger partial charge in [0.05, 0.1) is 11.3 Å². The lowest BCUT2D eigenvalue weighted by atomic mass is 10.0.